The third-order valence-electron chi connectivity index (χ3n) is 3.27. The van der Waals surface area contributed by atoms with Crippen LogP contribution in [0.15, 0.2) is 30.3 Å². The maximum atomic E-state index is 12.9. The van der Waals surface area contributed by atoms with Crippen LogP contribution in [0, 0.1) is 11.7 Å². The molecule has 122 valence electrons. The fraction of sp³-hybridized carbons (Fsp3) is 0.312. The first-order valence-electron chi connectivity index (χ1n) is 7.22. The summed E-state index contributed by atoms with van der Waals surface area (Å²) in [5.74, 6) is -1.85. The molecule has 0 aliphatic rings. The highest BCUT2D eigenvalue weighted by atomic mass is 19.1. The molecule has 0 radical (unpaired) electrons. The first kappa shape index (κ1) is 16.7. The molecule has 0 spiro atoms. The normalized spacial score (nSPS) is 12.2. The van der Waals surface area contributed by atoms with Gasteiger partial charge in [0.1, 0.15) is 17.6 Å². The van der Waals surface area contributed by atoms with Crippen molar-refractivity contribution in [2.24, 2.45) is 5.92 Å². The molecule has 1 heterocycles. The Labute approximate surface area is 132 Å². The number of nitrogens with zero attached hydrogens (tertiary/aromatic N) is 1. The van der Waals surface area contributed by atoms with Gasteiger partial charge in [0.2, 0.25) is 0 Å². The zero-order valence-electron chi connectivity index (χ0n) is 12.8. The number of carboxylic acids is 1. The molecule has 6 nitrogen and oxygen atoms in total. The van der Waals surface area contributed by atoms with Crippen molar-refractivity contribution in [2.75, 3.05) is 0 Å². The smallest absolute Gasteiger partial charge is 0.326 e. The number of carbonyl (C=O) groups excluding carboxylic acids is 1. The molecule has 23 heavy (non-hydrogen) atoms. The van der Waals surface area contributed by atoms with Gasteiger partial charge in [0.25, 0.3) is 5.91 Å². The Hall–Kier alpha value is -2.70. The van der Waals surface area contributed by atoms with Gasteiger partial charge in [-0.25, -0.2) is 9.18 Å². The average molecular weight is 319 g/mol. The molecule has 1 atom stereocenters. The summed E-state index contributed by atoms with van der Waals surface area (Å²) in [4.78, 5) is 23.3. The monoisotopic (exact) mass is 319 g/mol. The maximum Gasteiger partial charge on any atom is 0.326 e. The van der Waals surface area contributed by atoms with Crippen molar-refractivity contribution in [2.45, 2.75) is 26.3 Å². The Bertz CT molecular complexity index is 695. The summed E-state index contributed by atoms with van der Waals surface area (Å²) in [5, 5.41) is 18.2. The second kappa shape index (κ2) is 7.04. The maximum absolute atomic E-state index is 12.9. The Morgan fingerprint density at radius 1 is 1.30 bits per heavy atom. The fourth-order valence-corrected chi connectivity index (χ4v) is 2.14. The Morgan fingerprint density at radius 3 is 2.52 bits per heavy atom. The number of hydrogen-bond donors (Lipinski definition) is 3. The van der Waals surface area contributed by atoms with Crippen LogP contribution in [-0.2, 0) is 4.79 Å². The highest BCUT2D eigenvalue weighted by Crippen LogP contribution is 2.18. The Morgan fingerprint density at radius 2 is 1.96 bits per heavy atom. The van der Waals surface area contributed by atoms with Gasteiger partial charge in [0.05, 0.1) is 5.69 Å². The van der Waals surface area contributed by atoms with E-state index in [0.717, 1.165) is 0 Å². The third-order valence-corrected chi connectivity index (χ3v) is 3.27. The number of carboxylic acid groups (broad SMARTS) is 1. The SMILES string of the molecule is CC(C)C[C@@H](NC(=O)c1cc(-c2ccc(F)cc2)n[nH]1)C(=O)O. The topological polar surface area (TPSA) is 95.1 Å². The van der Waals surface area contributed by atoms with Crippen LogP contribution in [0.5, 0.6) is 0 Å². The van der Waals surface area contributed by atoms with Crippen molar-refractivity contribution >= 4 is 11.9 Å². The summed E-state index contributed by atoms with van der Waals surface area (Å²) in [7, 11) is 0. The molecule has 1 aromatic carbocycles. The van der Waals surface area contributed by atoms with Gasteiger partial charge >= 0.3 is 5.97 Å². The quantitative estimate of drug-likeness (QED) is 0.762. The second-order valence-electron chi connectivity index (χ2n) is 5.67. The van der Waals surface area contributed by atoms with Gasteiger partial charge in [-0.2, -0.15) is 5.10 Å². The molecule has 0 aliphatic heterocycles. The molecule has 1 amide bonds. The van der Waals surface area contributed by atoms with E-state index in [9.17, 15) is 14.0 Å². The van der Waals surface area contributed by atoms with E-state index in [2.05, 4.69) is 15.5 Å². The number of H-pyrrole nitrogens is 1. The number of rotatable bonds is 6. The van der Waals surface area contributed by atoms with Gasteiger partial charge < -0.3 is 10.4 Å². The minimum Gasteiger partial charge on any atom is -0.480 e. The summed E-state index contributed by atoms with van der Waals surface area (Å²) in [6.45, 7) is 3.76. The van der Waals surface area contributed by atoms with Crippen LogP contribution in [0.3, 0.4) is 0 Å². The zero-order valence-corrected chi connectivity index (χ0v) is 12.8. The first-order chi connectivity index (χ1) is 10.9. The summed E-state index contributed by atoms with van der Waals surface area (Å²) < 4.78 is 12.9. The van der Waals surface area contributed by atoms with Gasteiger partial charge in [0, 0.05) is 5.56 Å². The van der Waals surface area contributed by atoms with E-state index in [1.54, 1.807) is 12.1 Å². The van der Waals surface area contributed by atoms with Crippen LogP contribution < -0.4 is 5.32 Å². The Kier molecular flexibility index (Phi) is 5.10. The van der Waals surface area contributed by atoms with Crippen LogP contribution in [0.1, 0.15) is 30.8 Å². The lowest BCUT2D eigenvalue weighted by Gasteiger charge is -2.15. The number of aromatic nitrogens is 2. The van der Waals surface area contributed by atoms with Gasteiger partial charge in [-0.15, -0.1) is 0 Å². The number of nitrogens with one attached hydrogen (secondary N) is 2. The van der Waals surface area contributed by atoms with Gasteiger partial charge in [0.15, 0.2) is 0 Å². The zero-order chi connectivity index (χ0) is 17.0. The number of aromatic amines is 1. The second-order valence-corrected chi connectivity index (χ2v) is 5.67. The van der Waals surface area contributed by atoms with Gasteiger partial charge in [-0.3, -0.25) is 9.89 Å². The molecule has 0 saturated heterocycles. The van der Waals surface area contributed by atoms with Crippen LogP contribution >= 0.6 is 0 Å². The van der Waals surface area contributed by atoms with E-state index in [4.69, 9.17) is 5.11 Å². The van der Waals surface area contributed by atoms with Crippen molar-refractivity contribution < 1.29 is 19.1 Å². The highest BCUT2D eigenvalue weighted by Gasteiger charge is 2.22. The van der Waals surface area contributed by atoms with Crippen LogP contribution in [-0.4, -0.2) is 33.2 Å². The fourth-order valence-electron chi connectivity index (χ4n) is 2.14. The number of hydrogen-bond acceptors (Lipinski definition) is 3. The molecule has 2 rings (SSSR count). The summed E-state index contributed by atoms with van der Waals surface area (Å²) >= 11 is 0. The minimum absolute atomic E-state index is 0.132. The summed E-state index contributed by atoms with van der Waals surface area (Å²) in [6, 6.07) is 6.23. The molecule has 0 unspecified atom stereocenters. The molecule has 0 fully saturated rings. The molecule has 3 N–H and O–H groups in total. The van der Waals surface area contributed by atoms with E-state index in [0.29, 0.717) is 17.7 Å². The van der Waals surface area contributed by atoms with Crippen LogP contribution in [0.25, 0.3) is 11.3 Å². The van der Waals surface area contributed by atoms with Crippen molar-refractivity contribution in [3.63, 3.8) is 0 Å². The summed E-state index contributed by atoms with van der Waals surface area (Å²) in [6.07, 6.45) is 0.333. The minimum atomic E-state index is -1.08. The molecule has 0 saturated carbocycles. The van der Waals surface area contributed by atoms with Gasteiger partial charge in [-0.05, 0) is 42.7 Å². The molecule has 7 heteroatoms. The van der Waals surface area contributed by atoms with E-state index in [-0.39, 0.29) is 17.4 Å². The molecular weight excluding hydrogens is 301 g/mol. The lowest BCUT2D eigenvalue weighted by Crippen LogP contribution is -2.41. The molecule has 0 aliphatic carbocycles. The molecule has 0 bridgehead atoms. The number of halogens is 1. The molecular formula is C16H18FN3O3. The van der Waals surface area contributed by atoms with Gasteiger partial charge in [-0.1, -0.05) is 13.8 Å². The molecule has 2 aromatic rings. The van der Waals surface area contributed by atoms with Crippen molar-refractivity contribution in [3.8, 4) is 11.3 Å². The Balaban J connectivity index is 2.11. The largest absolute Gasteiger partial charge is 0.480 e. The van der Waals surface area contributed by atoms with Crippen molar-refractivity contribution in [1.29, 1.82) is 0 Å². The van der Waals surface area contributed by atoms with Crippen LogP contribution in [0.4, 0.5) is 4.39 Å². The lowest BCUT2D eigenvalue weighted by atomic mass is 10.0. The van der Waals surface area contributed by atoms with Crippen molar-refractivity contribution in [3.05, 3.63) is 41.8 Å². The standard InChI is InChI=1S/C16H18FN3O3/c1-9(2)7-14(16(22)23)18-15(21)13-8-12(19-20-13)10-3-5-11(17)6-4-10/h3-6,8-9,14H,7H2,1-2H3,(H,18,21)(H,19,20)(H,22,23)/t14-/m1/s1. The third kappa shape index (κ3) is 4.38. The van der Waals surface area contributed by atoms with E-state index < -0.39 is 17.9 Å². The van der Waals surface area contributed by atoms with Crippen molar-refractivity contribution in [1.82, 2.24) is 15.5 Å². The average Bonchev–Trinajstić information content (AvgIpc) is 2.96. The lowest BCUT2D eigenvalue weighted by molar-refractivity contribution is -0.139. The van der Waals surface area contributed by atoms with Crippen LogP contribution in [0.2, 0.25) is 0 Å². The number of carbonyl (C=O) groups is 2. The number of benzene rings is 1. The van der Waals surface area contributed by atoms with E-state index in [1.807, 2.05) is 13.8 Å². The number of aliphatic carboxylic acids is 1. The summed E-state index contributed by atoms with van der Waals surface area (Å²) in [5.41, 5.74) is 1.28. The predicted octanol–water partition coefficient (Wildman–Crippen LogP) is 2.44. The van der Waals surface area contributed by atoms with E-state index in [1.165, 1.54) is 18.2 Å². The predicted molar refractivity (Wildman–Crippen MR) is 82.3 cm³/mol. The first-order valence-corrected chi connectivity index (χ1v) is 7.22. The number of amides is 1. The molecule has 1 aromatic heterocycles. The highest BCUT2D eigenvalue weighted by molar-refractivity contribution is 5.95. The van der Waals surface area contributed by atoms with E-state index >= 15 is 0 Å².